The summed E-state index contributed by atoms with van der Waals surface area (Å²) in [5, 5.41) is 9.80. The van der Waals surface area contributed by atoms with E-state index in [1.807, 2.05) is 26.8 Å². The smallest absolute Gasteiger partial charge is 0.140 e. The predicted molar refractivity (Wildman–Crippen MR) is 61.3 cm³/mol. The van der Waals surface area contributed by atoms with Crippen molar-refractivity contribution in [1.82, 2.24) is 10.9 Å². The van der Waals surface area contributed by atoms with Crippen molar-refractivity contribution in [3.63, 3.8) is 0 Å². The lowest BCUT2D eigenvalue weighted by Gasteiger charge is -2.26. The molecule has 0 aliphatic carbocycles. The first-order chi connectivity index (χ1) is 6.84. The third-order valence-electron chi connectivity index (χ3n) is 2.31. The van der Waals surface area contributed by atoms with Gasteiger partial charge in [0.05, 0.1) is 11.6 Å². The van der Waals surface area contributed by atoms with Crippen LogP contribution >= 0.6 is 0 Å². The number of carbonyl (C=O) groups is 1. The van der Waals surface area contributed by atoms with E-state index in [0.717, 1.165) is 11.9 Å². The first-order valence-corrected chi connectivity index (χ1v) is 5.14. The van der Waals surface area contributed by atoms with Crippen LogP contribution in [0.1, 0.15) is 34.6 Å². The van der Waals surface area contributed by atoms with E-state index in [4.69, 9.17) is 0 Å². The number of carbonyl (C=O) groups excluding carboxylic acids is 1. The van der Waals surface area contributed by atoms with Crippen molar-refractivity contribution in [3.8, 4) is 0 Å². The highest BCUT2D eigenvalue weighted by Crippen LogP contribution is 2.05. The maximum atomic E-state index is 10.6. The summed E-state index contributed by atoms with van der Waals surface area (Å²) in [4.78, 5) is 10.6. The number of nitrogens with one attached hydrogen (secondary N) is 2. The quantitative estimate of drug-likeness (QED) is 0.347. The number of aliphatic hydroxyl groups is 1. The van der Waals surface area contributed by atoms with Crippen molar-refractivity contribution in [2.75, 3.05) is 0 Å². The van der Waals surface area contributed by atoms with Crippen LogP contribution in [0.25, 0.3) is 0 Å². The Morgan fingerprint density at radius 1 is 1.47 bits per heavy atom. The van der Waals surface area contributed by atoms with Gasteiger partial charge in [0.25, 0.3) is 0 Å². The molecule has 2 unspecified atom stereocenters. The van der Waals surface area contributed by atoms with Crippen molar-refractivity contribution in [1.29, 1.82) is 0 Å². The molecule has 0 aliphatic heterocycles. The van der Waals surface area contributed by atoms with Crippen molar-refractivity contribution < 1.29 is 9.90 Å². The largest absolute Gasteiger partial charge is 0.387 e. The molecule has 0 heterocycles. The molecule has 4 heteroatoms. The number of aliphatic hydroxyl groups excluding tert-OH is 1. The van der Waals surface area contributed by atoms with Crippen molar-refractivity contribution >= 4 is 6.29 Å². The Balaban J connectivity index is 4.15. The van der Waals surface area contributed by atoms with Gasteiger partial charge in [0.2, 0.25) is 0 Å². The van der Waals surface area contributed by atoms with E-state index in [2.05, 4.69) is 10.9 Å². The standard InChI is InChI=1S/C11H22N2O2/c1-6-8(2)10(15)9(3)12-13-11(4,5)7-14/h6-7,9-10,12-13,15H,1-5H3. The Bertz CT molecular complexity index is 237. The molecule has 0 radical (unpaired) electrons. The van der Waals surface area contributed by atoms with Gasteiger partial charge in [-0.15, -0.1) is 0 Å². The molecular formula is C11H22N2O2. The molecule has 0 bridgehead atoms. The Morgan fingerprint density at radius 2 is 2.00 bits per heavy atom. The zero-order chi connectivity index (χ0) is 12.1. The van der Waals surface area contributed by atoms with E-state index < -0.39 is 11.6 Å². The highest BCUT2D eigenvalue weighted by atomic mass is 16.3. The fraction of sp³-hybridized carbons (Fsp3) is 0.727. The number of rotatable bonds is 6. The summed E-state index contributed by atoms with van der Waals surface area (Å²) < 4.78 is 0. The maximum Gasteiger partial charge on any atom is 0.140 e. The van der Waals surface area contributed by atoms with E-state index in [9.17, 15) is 9.90 Å². The SMILES string of the molecule is CC=C(C)C(O)C(C)NNC(C)(C)C=O. The number of aldehydes is 1. The summed E-state index contributed by atoms with van der Waals surface area (Å²) in [6, 6.07) is -0.152. The van der Waals surface area contributed by atoms with Gasteiger partial charge in [0, 0.05) is 6.04 Å². The molecule has 0 amide bonds. The van der Waals surface area contributed by atoms with Crippen LogP contribution in [0, 0.1) is 0 Å². The van der Waals surface area contributed by atoms with Crippen molar-refractivity contribution in [2.24, 2.45) is 0 Å². The second kappa shape index (κ2) is 6.00. The third kappa shape index (κ3) is 5.06. The molecule has 2 atom stereocenters. The highest BCUT2D eigenvalue weighted by molar-refractivity contribution is 5.62. The minimum atomic E-state index is -0.627. The fourth-order valence-corrected chi connectivity index (χ4v) is 0.973. The third-order valence-corrected chi connectivity index (χ3v) is 2.31. The van der Waals surface area contributed by atoms with Gasteiger partial charge in [-0.25, -0.2) is 5.43 Å². The molecule has 15 heavy (non-hydrogen) atoms. The molecule has 4 nitrogen and oxygen atoms in total. The van der Waals surface area contributed by atoms with Crippen LogP contribution in [0.4, 0.5) is 0 Å². The van der Waals surface area contributed by atoms with Gasteiger partial charge in [-0.05, 0) is 40.2 Å². The number of hydrogen-bond donors (Lipinski definition) is 3. The van der Waals surface area contributed by atoms with Gasteiger partial charge in [-0.1, -0.05) is 6.08 Å². The molecular weight excluding hydrogens is 192 g/mol. The lowest BCUT2D eigenvalue weighted by molar-refractivity contribution is -0.112. The van der Waals surface area contributed by atoms with Crippen LogP contribution in [-0.4, -0.2) is 29.1 Å². The van der Waals surface area contributed by atoms with Crippen LogP contribution in [-0.2, 0) is 4.79 Å². The van der Waals surface area contributed by atoms with Gasteiger partial charge in [0.1, 0.15) is 6.29 Å². The van der Waals surface area contributed by atoms with Crippen LogP contribution < -0.4 is 10.9 Å². The summed E-state index contributed by atoms with van der Waals surface area (Å²) in [7, 11) is 0. The van der Waals surface area contributed by atoms with Crippen LogP contribution in [0.2, 0.25) is 0 Å². The lowest BCUT2D eigenvalue weighted by atomic mass is 10.1. The normalized spacial score (nSPS) is 17.3. The molecule has 0 aromatic rings. The second-order valence-electron chi connectivity index (χ2n) is 4.38. The Hall–Kier alpha value is -0.710. The highest BCUT2D eigenvalue weighted by Gasteiger charge is 2.20. The van der Waals surface area contributed by atoms with E-state index in [1.54, 1.807) is 13.8 Å². The zero-order valence-electron chi connectivity index (χ0n) is 10.2. The first-order valence-electron chi connectivity index (χ1n) is 5.14. The Labute approximate surface area is 91.7 Å². The molecule has 0 aromatic heterocycles. The summed E-state index contributed by atoms with van der Waals surface area (Å²) in [6.45, 7) is 9.12. The summed E-state index contributed by atoms with van der Waals surface area (Å²) in [6.07, 6.45) is 2.14. The molecule has 0 aromatic carbocycles. The van der Waals surface area contributed by atoms with Gasteiger partial charge < -0.3 is 9.90 Å². The number of hydrogen-bond acceptors (Lipinski definition) is 4. The number of allylic oxidation sites excluding steroid dienone is 1. The maximum absolute atomic E-state index is 10.6. The topological polar surface area (TPSA) is 61.4 Å². The minimum Gasteiger partial charge on any atom is -0.387 e. The van der Waals surface area contributed by atoms with Crippen LogP contribution in [0.3, 0.4) is 0 Å². The van der Waals surface area contributed by atoms with E-state index in [-0.39, 0.29) is 6.04 Å². The fourth-order valence-electron chi connectivity index (χ4n) is 0.973. The summed E-state index contributed by atoms with van der Waals surface area (Å²) in [5.41, 5.74) is 6.06. The summed E-state index contributed by atoms with van der Waals surface area (Å²) >= 11 is 0. The lowest BCUT2D eigenvalue weighted by Crippen LogP contribution is -2.55. The molecule has 3 N–H and O–H groups in total. The van der Waals surface area contributed by atoms with Crippen LogP contribution in [0.15, 0.2) is 11.6 Å². The van der Waals surface area contributed by atoms with Gasteiger partial charge in [-0.2, -0.15) is 0 Å². The van der Waals surface area contributed by atoms with E-state index >= 15 is 0 Å². The molecule has 0 rings (SSSR count). The summed E-state index contributed by atoms with van der Waals surface area (Å²) in [5.74, 6) is 0. The molecule has 0 saturated carbocycles. The van der Waals surface area contributed by atoms with Gasteiger partial charge in [0.15, 0.2) is 0 Å². The first kappa shape index (κ1) is 14.3. The minimum absolute atomic E-state index is 0.152. The average Bonchev–Trinajstić information content (AvgIpc) is 2.23. The molecule has 0 spiro atoms. The molecule has 0 aliphatic rings. The van der Waals surface area contributed by atoms with Gasteiger partial charge in [-0.3, -0.25) is 5.43 Å². The van der Waals surface area contributed by atoms with E-state index in [1.165, 1.54) is 0 Å². The average molecular weight is 214 g/mol. The Morgan fingerprint density at radius 3 is 2.40 bits per heavy atom. The number of hydrazine groups is 1. The van der Waals surface area contributed by atoms with Crippen molar-refractivity contribution in [3.05, 3.63) is 11.6 Å². The van der Waals surface area contributed by atoms with Gasteiger partial charge >= 0.3 is 0 Å². The molecule has 0 fully saturated rings. The second-order valence-corrected chi connectivity index (χ2v) is 4.38. The van der Waals surface area contributed by atoms with E-state index in [0.29, 0.717) is 0 Å². The monoisotopic (exact) mass is 214 g/mol. The van der Waals surface area contributed by atoms with Crippen LogP contribution in [0.5, 0.6) is 0 Å². The Kier molecular flexibility index (Phi) is 5.72. The predicted octanol–water partition coefficient (Wildman–Crippen LogP) is 0.774. The van der Waals surface area contributed by atoms with Crippen molar-refractivity contribution in [2.45, 2.75) is 52.3 Å². The molecule has 88 valence electrons. The zero-order valence-corrected chi connectivity index (χ0v) is 10.2. The molecule has 0 saturated heterocycles.